The average Bonchev–Trinajstić information content (AvgIpc) is 2.43. The van der Waals surface area contributed by atoms with E-state index < -0.39 is 10.0 Å². The molecule has 0 aliphatic rings. The topological polar surface area (TPSA) is 81.4 Å². The van der Waals surface area contributed by atoms with Crippen LogP contribution in [0.1, 0.15) is 31.9 Å². The van der Waals surface area contributed by atoms with Crippen LogP contribution in [0.15, 0.2) is 17.0 Å². The number of nitrogen functional groups attached to an aromatic ring is 1. The van der Waals surface area contributed by atoms with Gasteiger partial charge in [-0.1, -0.05) is 13.8 Å². The summed E-state index contributed by atoms with van der Waals surface area (Å²) in [6, 6.07) is 3.55. The number of aryl methyl sites for hydroxylation is 1. The molecule has 1 aromatic carbocycles. The average molecular weight is 300 g/mol. The normalized spacial score (nSPS) is 13.4. The Morgan fingerprint density at radius 2 is 1.95 bits per heavy atom. The fourth-order valence-corrected chi connectivity index (χ4v) is 3.44. The van der Waals surface area contributed by atoms with Gasteiger partial charge in [0.25, 0.3) is 0 Å². The van der Waals surface area contributed by atoms with Crippen molar-refractivity contribution in [1.82, 2.24) is 4.72 Å². The summed E-state index contributed by atoms with van der Waals surface area (Å²) in [5.74, 6) is 0. The maximum absolute atomic E-state index is 12.4. The fourth-order valence-electron chi connectivity index (χ4n) is 1.94. The number of rotatable bonds is 7. The molecule has 1 rings (SSSR count). The van der Waals surface area contributed by atoms with Gasteiger partial charge in [0, 0.05) is 19.3 Å². The number of benzene rings is 1. The second-order valence-corrected chi connectivity index (χ2v) is 6.50. The molecule has 114 valence electrons. The van der Waals surface area contributed by atoms with Gasteiger partial charge in [0.15, 0.2) is 0 Å². The van der Waals surface area contributed by atoms with E-state index >= 15 is 0 Å². The highest BCUT2D eigenvalue weighted by Crippen LogP contribution is 2.25. The zero-order chi connectivity index (χ0) is 15.3. The van der Waals surface area contributed by atoms with Crippen LogP contribution < -0.4 is 10.5 Å². The van der Waals surface area contributed by atoms with Crippen LogP contribution in [0.3, 0.4) is 0 Å². The smallest absolute Gasteiger partial charge is 0.241 e. The van der Waals surface area contributed by atoms with E-state index in [4.69, 9.17) is 10.5 Å². The van der Waals surface area contributed by atoms with Crippen molar-refractivity contribution < 1.29 is 13.2 Å². The minimum atomic E-state index is -3.57. The van der Waals surface area contributed by atoms with Crippen molar-refractivity contribution in [3.05, 3.63) is 23.3 Å². The van der Waals surface area contributed by atoms with E-state index in [-0.39, 0.29) is 17.5 Å². The third kappa shape index (κ3) is 3.94. The van der Waals surface area contributed by atoms with Gasteiger partial charge in [-0.2, -0.15) is 0 Å². The van der Waals surface area contributed by atoms with Crippen LogP contribution in [0.2, 0.25) is 0 Å². The van der Waals surface area contributed by atoms with Crippen LogP contribution in [0.5, 0.6) is 0 Å². The van der Waals surface area contributed by atoms with E-state index in [9.17, 15) is 8.42 Å². The molecule has 20 heavy (non-hydrogen) atoms. The maximum Gasteiger partial charge on any atom is 0.241 e. The lowest BCUT2D eigenvalue weighted by molar-refractivity contribution is 0.122. The number of sulfonamides is 1. The maximum atomic E-state index is 12.4. The summed E-state index contributed by atoms with van der Waals surface area (Å²) >= 11 is 0. The van der Waals surface area contributed by atoms with Crippen LogP contribution in [0, 0.1) is 0 Å². The first-order valence-corrected chi connectivity index (χ1v) is 8.27. The Bertz CT molecular complexity index is 556. The number of ether oxygens (including phenoxy) is 1. The lowest BCUT2D eigenvalue weighted by Gasteiger charge is -2.16. The van der Waals surface area contributed by atoms with Crippen LogP contribution in [0.4, 0.5) is 5.69 Å². The van der Waals surface area contributed by atoms with Crippen molar-refractivity contribution in [2.24, 2.45) is 0 Å². The van der Waals surface area contributed by atoms with Crippen molar-refractivity contribution in [3.63, 3.8) is 0 Å². The van der Waals surface area contributed by atoms with E-state index in [1.165, 1.54) is 0 Å². The second kappa shape index (κ2) is 7.06. The summed E-state index contributed by atoms with van der Waals surface area (Å²) in [5.41, 5.74) is 8.09. The van der Waals surface area contributed by atoms with Gasteiger partial charge in [-0.3, -0.25) is 0 Å². The summed E-state index contributed by atoms with van der Waals surface area (Å²) in [6.07, 6.45) is 1.14. The second-order valence-electron chi connectivity index (χ2n) is 4.77. The third-order valence-electron chi connectivity index (χ3n) is 3.32. The quantitative estimate of drug-likeness (QED) is 0.751. The van der Waals surface area contributed by atoms with E-state index in [1.54, 1.807) is 20.1 Å². The number of methoxy groups -OCH3 is 1. The number of nitrogens with one attached hydrogen (secondary N) is 1. The fraction of sp³-hybridized carbons (Fsp3) is 0.571. The predicted molar refractivity (Wildman–Crippen MR) is 81.3 cm³/mol. The zero-order valence-corrected chi connectivity index (χ0v) is 13.4. The lowest BCUT2D eigenvalue weighted by atomic mass is 10.1. The zero-order valence-electron chi connectivity index (χ0n) is 12.6. The molecule has 0 heterocycles. The molecule has 0 amide bonds. The number of hydrogen-bond acceptors (Lipinski definition) is 4. The molecule has 0 spiro atoms. The van der Waals surface area contributed by atoms with E-state index in [1.807, 2.05) is 19.9 Å². The molecular weight excluding hydrogens is 276 g/mol. The Morgan fingerprint density at radius 3 is 2.45 bits per heavy atom. The predicted octanol–water partition coefficient (Wildman–Crippen LogP) is 1.71. The molecule has 0 aliphatic heterocycles. The highest BCUT2D eigenvalue weighted by atomic mass is 32.2. The standard InChI is InChI=1S/C14H24N2O3S/c1-5-11-7-13(15)12(6-2)14(8-11)20(17,18)16-9-10(3)19-4/h7-8,10,16H,5-6,9,15H2,1-4H3. The van der Waals surface area contributed by atoms with Gasteiger partial charge in [0.05, 0.1) is 11.0 Å². The van der Waals surface area contributed by atoms with Gasteiger partial charge in [0.2, 0.25) is 10.0 Å². The molecule has 1 aromatic rings. The highest BCUT2D eigenvalue weighted by Gasteiger charge is 2.21. The van der Waals surface area contributed by atoms with Crippen molar-refractivity contribution in [3.8, 4) is 0 Å². The molecule has 0 radical (unpaired) electrons. The first kappa shape index (κ1) is 16.9. The van der Waals surface area contributed by atoms with Gasteiger partial charge in [0.1, 0.15) is 0 Å². The molecule has 0 saturated heterocycles. The van der Waals surface area contributed by atoms with Gasteiger partial charge in [-0.15, -0.1) is 0 Å². The molecule has 1 unspecified atom stereocenters. The Kier molecular flexibility index (Phi) is 5.98. The molecule has 0 fully saturated rings. The Balaban J connectivity index is 3.19. The summed E-state index contributed by atoms with van der Waals surface area (Å²) in [7, 11) is -2.03. The molecule has 3 N–H and O–H groups in total. The summed E-state index contributed by atoms with van der Waals surface area (Å²) in [4.78, 5) is 0.278. The molecule has 0 bridgehead atoms. The number of nitrogens with two attached hydrogens (primary N) is 1. The van der Waals surface area contributed by atoms with E-state index in [0.29, 0.717) is 17.7 Å². The first-order chi connectivity index (χ1) is 9.35. The van der Waals surface area contributed by atoms with Crippen molar-refractivity contribution in [1.29, 1.82) is 0 Å². The molecule has 0 aliphatic carbocycles. The monoisotopic (exact) mass is 300 g/mol. The van der Waals surface area contributed by atoms with E-state index in [2.05, 4.69) is 4.72 Å². The van der Waals surface area contributed by atoms with Gasteiger partial charge in [-0.05, 0) is 43.0 Å². The van der Waals surface area contributed by atoms with Gasteiger partial charge >= 0.3 is 0 Å². The summed E-state index contributed by atoms with van der Waals surface area (Å²) in [6.45, 7) is 5.91. The third-order valence-corrected chi connectivity index (χ3v) is 4.81. The Morgan fingerprint density at radius 1 is 1.30 bits per heavy atom. The summed E-state index contributed by atoms with van der Waals surface area (Å²) < 4.78 is 32.5. The Labute approximate surface area is 121 Å². The van der Waals surface area contributed by atoms with E-state index in [0.717, 1.165) is 12.0 Å². The van der Waals surface area contributed by atoms with Gasteiger partial charge < -0.3 is 10.5 Å². The lowest BCUT2D eigenvalue weighted by Crippen LogP contribution is -2.32. The van der Waals surface area contributed by atoms with Crippen molar-refractivity contribution in [2.45, 2.75) is 44.6 Å². The molecular formula is C14H24N2O3S. The molecule has 6 heteroatoms. The van der Waals surface area contributed by atoms with Crippen molar-refractivity contribution >= 4 is 15.7 Å². The molecule has 1 atom stereocenters. The SMILES string of the molecule is CCc1cc(N)c(CC)c(S(=O)(=O)NCC(C)OC)c1. The molecule has 5 nitrogen and oxygen atoms in total. The summed E-state index contributed by atoms with van der Waals surface area (Å²) in [5, 5.41) is 0. The largest absolute Gasteiger partial charge is 0.398 e. The van der Waals surface area contributed by atoms with Crippen LogP contribution in [0.25, 0.3) is 0 Å². The molecule has 0 saturated carbocycles. The minimum absolute atomic E-state index is 0.179. The van der Waals surface area contributed by atoms with Crippen LogP contribution in [-0.2, 0) is 27.6 Å². The number of anilines is 1. The van der Waals surface area contributed by atoms with Crippen LogP contribution >= 0.6 is 0 Å². The number of hydrogen-bond donors (Lipinski definition) is 2. The van der Waals surface area contributed by atoms with Gasteiger partial charge in [-0.25, -0.2) is 13.1 Å². The van der Waals surface area contributed by atoms with Crippen LogP contribution in [-0.4, -0.2) is 28.2 Å². The minimum Gasteiger partial charge on any atom is -0.398 e. The first-order valence-electron chi connectivity index (χ1n) is 6.79. The van der Waals surface area contributed by atoms with Crippen molar-refractivity contribution in [2.75, 3.05) is 19.4 Å². The highest BCUT2D eigenvalue weighted by molar-refractivity contribution is 7.89. The molecule has 0 aromatic heterocycles. The Hall–Kier alpha value is -1.11.